The van der Waals surface area contributed by atoms with Crippen LogP contribution in [0.1, 0.15) is 32.3 Å². The monoisotopic (exact) mass is 436 g/mol. The lowest BCUT2D eigenvalue weighted by atomic mass is 9.82. The number of hydrogen-bond donors (Lipinski definition) is 1. The number of benzene rings is 1. The highest BCUT2D eigenvalue weighted by Crippen LogP contribution is 2.49. The first-order valence-electron chi connectivity index (χ1n) is 9.15. The molecule has 2 heterocycles. The second kappa shape index (κ2) is 8.51. The molecule has 0 aromatic heterocycles. The first-order chi connectivity index (χ1) is 13.8. The van der Waals surface area contributed by atoms with E-state index in [2.05, 4.69) is 0 Å². The Labute approximate surface area is 177 Å². The molecular weight excluding hydrogens is 416 g/mol. The Hall–Kier alpha value is -2.45. The van der Waals surface area contributed by atoms with Crippen molar-refractivity contribution in [2.75, 3.05) is 13.2 Å². The minimum absolute atomic E-state index is 0.0315. The van der Waals surface area contributed by atoms with Gasteiger partial charge in [0.2, 0.25) is 5.91 Å². The van der Waals surface area contributed by atoms with Crippen LogP contribution in [0.3, 0.4) is 0 Å². The van der Waals surface area contributed by atoms with Crippen molar-refractivity contribution in [3.05, 3.63) is 56.8 Å². The Morgan fingerprint density at radius 2 is 1.66 bits per heavy atom. The van der Waals surface area contributed by atoms with Crippen molar-refractivity contribution in [3.8, 4) is 0 Å². The van der Waals surface area contributed by atoms with Gasteiger partial charge in [0.25, 0.3) is 0 Å². The smallest absolute Gasteiger partial charge is 0.338 e. The zero-order chi connectivity index (χ0) is 21.3. The summed E-state index contributed by atoms with van der Waals surface area (Å²) >= 11 is 7.23. The Balaban J connectivity index is 2.28. The van der Waals surface area contributed by atoms with Gasteiger partial charge in [0, 0.05) is 5.02 Å². The van der Waals surface area contributed by atoms with Crippen LogP contribution in [0.2, 0.25) is 5.02 Å². The van der Waals surface area contributed by atoms with Crippen LogP contribution in [0.4, 0.5) is 0 Å². The number of carbonyl (C=O) groups is 3. The molecular formula is C20H21ClN2O5S. The van der Waals surface area contributed by atoms with Gasteiger partial charge in [0.1, 0.15) is 5.82 Å². The molecule has 2 aliphatic heterocycles. The van der Waals surface area contributed by atoms with Gasteiger partial charge in [-0.25, -0.2) is 9.59 Å². The molecule has 0 bridgehead atoms. The molecule has 1 saturated heterocycles. The zero-order valence-electron chi connectivity index (χ0n) is 16.2. The van der Waals surface area contributed by atoms with E-state index in [1.807, 2.05) is 0 Å². The number of nitrogens with two attached hydrogens (primary N) is 1. The van der Waals surface area contributed by atoms with E-state index < -0.39 is 23.1 Å². The van der Waals surface area contributed by atoms with E-state index in [1.54, 1.807) is 45.0 Å². The summed E-state index contributed by atoms with van der Waals surface area (Å²) in [5.41, 5.74) is 7.13. The fourth-order valence-corrected chi connectivity index (χ4v) is 4.62. The normalized spacial score (nSPS) is 21.4. The maximum absolute atomic E-state index is 13.0. The first-order valence-corrected chi connectivity index (χ1v) is 10.4. The fourth-order valence-electron chi connectivity index (χ4n) is 3.33. The van der Waals surface area contributed by atoms with Crippen molar-refractivity contribution >= 4 is 41.2 Å². The predicted octanol–water partition coefficient (Wildman–Crippen LogP) is 2.91. The number of rotatable bonds is 5. The average molecular weight is 437 g/mol. The van der Waals surface area contributed by atoms with E-state index in [9.17, 15) is 14.4 Å². The Morgan fingerprint density at radius 3 is 2.21 bits per heavy atom. The number of thioether (sulfide) groups is 1. The standard InChI is InChI=1S/C20H21ClN2O5S/c1-4-27-19(25)14-13(11-6-8-12(21)9-7-11)15(20(26)28-5-2)18-23(16(14)22)17(24)10(3)29-18/h6-10,13H,4-5,22H2,1-3H3/t10-,13-/m0/s1. The number of halogens is 1. The van der Waals surface area contributed by atoms with E-state index in [1.165, 1.54) is 16.7 Å². The summed E-state index contributed by atoms with van der Waals surface area (Å²) < 4.78 is 10.5. The molecule has 1 aromatic carbocycles. The third kappa shape index (κ3) is 3.74. The average Bonchev–Trinajstić information content (AvgIpc) is 2.97. The van der Waals surface area contributed by atoms with E-state index in [0.717, 1.165) is 0 Å². The third-order valence-corrected chi connectivity index (χ3v) is 6.01. The predicted molar refractivity (Wildman–Crippen MR) is 110 cm³/mol. The molecule has 2 aliphatic rings. The number of esters is 2. The molecule has 7 nitrogen and oxygen atoms in total. The van der Waals surface area contributed by atoms with Crippen LogP contribution in [0.25, 0.3) is 0 Å². The molecule has 1 amide bonds. The number of fused-ring (bicyclic) bond motifs is 1. The van der Waals surface area contributed by atoms with Gasteiger partial charge in [-0.15, -0.1) is 0 Å². The molecule has 1 fully saturated rings. The molecule has 0 spiro atoms. The molecule has 2 N–H and O–H groups in total. The summed E-state index contributed by atoms with van der Waals surface area (Å²) in [6.07, 6.45) is 0. The number of amides is 1. The highest BCUT2D eigenvalue weighted by Gasteiger charge is 2.49. The van der Waals surface area contributed by atoms with Crippen molar-refractivity contribution < 1.29 is 23.9 Å². The van der Waals surface area contributed by atoms with Crippen LogP contribution >= 0.6 is 23.4 Å². The SMILES string of the molecule is CCOC(=O)C1=C(N)N2C(=O)[C@H](C)SC2=C(C(=O)OCC)[C@H]1c1ccc(Cl)cc1. The van der Waals surface area contributed by atoms with Gasteiger partial charge in [-0.1, -0.05) is 35.5 Å². The van der Waals surface area contributed by atoms with Gasteiger partial charge in [0.05, 0.1) is 40.6 Å². The summed E-state index contributed by atoms with van der Waals surface area (Å²) in [6, 6.07) is 6.73. The lowest BCUT2D eigenvalue weighted by Crippen LogP contribution is -2.40. The molecule has 0 aliphatic carbocycles. The second-order valence-electron chi connectivity index (χ2n) is 6.38. The largest absolute Gasteiger partial charge is 0.463 e. The second-order valence-corrected chi connectivity index (χ2v) is 8.14. The highest BCUT2D eigenvalue weighted by atomic mass is 35.5. The molecule has 1 aromatic rings. The van der Waals surface area contributed by atoms with Crippen molar-refractivity contribution in [1.29, 1.82) is 0 Å². The minimum atomic E-state index is -0.845. The van der Waals surface area contributed by atoms with Crippen LogP contribution in [0, 0.1) is 0 Å². The van der Waals surface area contributed by atoms with Gasteiger partial charge in [-0.3, -0.25) is 9.69 Å². The molecule has 3 rings (SSSR count). The molecule has 29 heavy (non-hydrogen) atoms. The number of nitrogens with zero attached hydrogens (tertiary/aromatic N) is 1. The van der Waals surface area contributed by atoms with Crippen LogP contribution in [0.5, 0.6) is 0 Å². The van der Waals surface area contributed by atoms with Gasteiger partial charge in [-0.05, 0) is 38.5 Å². The third-order valence-electron chi connectivity index (χ3n) is 4.58. The van der Waals surface area contributed by atoms with Crippen molar-refractivity contribution in [2.45, 2.75) is 31.9 Å². The van der Waals surface area contributed by atoms with E-state index in [-0.39, 0.29) is 36.1 Å². The molecule has 0 saturated carbocycles. The lowest BCUT2D eigenvalue weighted by Gasteiger charge is -2.33. The van der Waals surface area contributed by atoms with Crippen LogP contribution in [0.15, 0.2) is 46.3 Å². The Bertz CT molecular complexity index is 925. The van der Waals surface area contributed by atoms with E-state index >= 15 is 0 Å². The lowest BCUT2D eigenvalue weighted by molar-refractivity contribution is -0.139. The number of carbonyl (C=O) groups excluding carboxylic acids is 3. The van der Waals surface area contributed by atoms with Crippen molar-refractivity contribution in [1.82, 2.24) is 4.90 Å². The quantitative estimate of drug-likeness (QED) is 0.708. The summed E-state index contributed by atoms with van der Waals surface area (Å²) in [6.45, 7) is 5.34. The Kier molecular flexibility index (Phi) is 6.24. The molecule has 2 atom stereocenters. The summed E-state index contributed by atoms with van der Waals surface area (Å²) in [4.78, 5) is 39.8. The highest BCUT2D eigenvalue weighted by molar-refractivity contribution is 8.04. The van der Waals surface area contributed by atoms with Crippen LogP contribution in [-0.2, 0) is 23.9 Å². The van der Waals surface area contributed by atoms with E-state index in [4.69, 9.17) is 26.8 Å². The fraction of sp³-hybridized carbons (Fsp3) is 0.350. The Morgan fingerprint density at radius 1 is 1.10 bits per heavy atom. The minimum Gasteiger partial charge on any atom is -0.463 e. The summed E-state index contributed by atoms with van der Waals surface area (Å²) in [7, 11) is 0. The molecule has 9 heteroatoms. The maximum Gasteiger partial charge on any atom is 0.338 e. The topological polar surface area (TPSA) is 98.9 Å². The van der Waals surface area contributed by atoms with Gasteiger partial charge in [-0.2, -0.15) is 0 Å². The first kappa shape index (κ1) is 21.3. The molecule has 0 radical (unpaired) electrons. The van der Waals surface area contributed by atoms with Crippen molar-refractivity contribution in [3.63, 3.8) is 0 Å². The van der Waals surface area contributed by atoms with Gasteiger partial charge >= 0.3 is 11.9 Å². The van der Waals surface area contributed by atoms with Crippen LogP contribution in [-0.4, -0.2) is 41.2 Å². The number of ether oxygens (including phenoxy) is 2. The number of hydrogen-bond acceptors (Lipinski definition) is 7. The van der Waals surface area contributed by atoms with Gasteiger partial charge < -0.3 is 15.2 Å². The van der Waals surface area contributed by atoms with Crippen LogP contribution < -0.4 is 5.73 Å². The zero-order valence-corrected chi connectivity index (χ0v) is 17.8. The van der Waals surface area contributed by atoms with Crippen molar-refractivity contribution in [2.24, 2.45) is 5.73 Å². The molecule has 154 valence electrons. The van der Waals surface area contributed by atoms with Gasteiger partial charge in [0.15, 0.2) is 0 Å². The molecule has 0 unspecified atom stereocenters. The van der Waals surface area contributed by atoms with E-state index in [0.29, 0.717) is 15.6 Å². The summed E-state index contributed by atoms with van der Waals surface area (Å²) in [5, 5.41) is 0.428. The maximum atomic E-state index is 13.0. The summed E-state index contributed by atoms with van der Waals surface area (Å²) in [5.74, 6) is -2.49.